The fourth-order valence-electron chi connectivity index (χ4n) is 7.43. The van der Waals surface area contributed by atoms with Gasteiger partial charge < -0.3 is 9.13 Å². The van der Waals surface area contributed by atoms with Crippen molar-refractivity contribution in [2.24, 2.45) is 0 Å². The number of benzene rings is 7. The number of nitriles is 3. The normalized spacial score (nSPS) is 11.1. The van der Waals surface area contributed by atoms with E-state index in [-0.39, 0.29) is 0 Å². The summed E-state index contributed by atoms with van der Waals surface area (Å²) in [5, 5.41) is 34.0. The van der Waals surface area contributed by atoms with E-state index in [2.05, 4.69) is 88.0 Å². The summed E-state index contributed by atoms with van der Waals surface area (Å²) in [5.41, 5.74) is 11.5. The molecule has 0 bridgehead atoms. The molecule has 0 atom stereocenters. The first kappa shape index (κ1) is 28.8. The van der Waals surface area contributed by atoms with Gasteiger partial charge in [-0.05, 0) is 77.9 Å². The number of hydrogen-bond donors (Lipinski definition) is 0. The van der Waals surface area contributed by atoms with Crippen LogP contribution in [0.25, 0.3) is 77.2 Å². The number of fused-ring (bicyclic) bond motifs is 6. The lowest BCUT2D eigenvalue weighted by Gasteiger charge is -2.20. The number of hydrogen-bond acceptors (Lipinski definition) is 3. The highest BCUT2D eigenvalue weighted by Crippen LogP contribution is 2.42. The molecule has 0 unspecified atom stereocenters. The van der Waals surface area contributed by atoms with Crippen LogP contribution in [0.5, 0.6) is 0 Å². The van der Waals surface area contributed by atoms with Gasteiger partial charge in [0.15, 0.2) is 0 Å². The molecule has 7 aromatic carbocycles. The van der Waals surface area contributed by atoms with Crippen LogP contribution in [0.15, 0.2) is 152 Å². The SMILES string of the molecule is N#Cc1cc(-c2cccc(-c3ccccc3)c2-n2c3ccccc3c3cc(C#N)ccc32)cc(-n2c3ccccc3c3cc(C#N)ccc32)c1. The van der Waals surface area contributed by atoms with E-state index in [0.717, 1.165) is 77.2 Å². The zero-order valence-electron chi connectivity index (χ0n) is 26.7. The molecule has 0 aliphatic carbocycles. The molecule has 2 aromatic heterocycles. The molecule has 0 fully saturated rings. The van der Waals surface area contributed by atoms with Gasteiger partial charge in [-0.25, -0.2) is 0 Å². The zero-order chi connectivity index (χ0) is 33.8. The molecule has 0 aliphatic rings. The largest absolute Gasteiger partial charge is 0.309 e. The third kappa shape index (κ3) is 4.38. The first-order valence-corrected chi connectivity index (χ1v) is 16.3. The van der Waals surface area contributed by atoms with Gasteiger partial charge in [0.25, 0.3) is 0 Å². The van der Waals surface area contributed by atoms with E-state index >= 15 is 0 Å². The lowest BCUT2D eigenvalue weighted by molar-refractivity contribution is 1.17. The van der Waals surface area contributed by atoms with Crippen molar-refractivity contribution in [1.29, 1.82) is 15.8 Å². The molecule has 9 aromatic rings. The molecule has 0 radical (unpaired) electrons. The summed E-state index contributed by atoms with van der Waals surface area (Å²) < 4.78 is 4.48. The molecule has 5 heteroatoms. The third-order valence-corrected chi connectivity index (χ3v) is 9.56. The Balaban J connectivity index is 1.39. The van der Waals surface area contributed by atoms with Gasteiger partial charge in [-0.15, -0.1) is 0 Å². The van der Waals surface area contributed by atoms with Crippen molar-refractivity contribution in [2.75, 3.05) is 0 Å². The molecular weight excluding hydrogens is 611 g/mol. The van der Waals surface area contributed by atoms with E-state index in [1.165, 1.54) is 0 Å². The van der Waals surface area contributed by atoms with Crippen molar-refractivity contribution in [3.63, 3.8) is 0 Å². The van der Waals surface area contributed by atoms with Crippen molar-refractivity contribution in [2.45, 2.75) is 0 Å². The molecule has 9 rings (SSSR count). The molecule has 50 heavy (non-hydrogen) atoms. The van der Waals surface area contributed by atoms with E-state index in [4.69, 9.17) is 0 Å². The van der Waals surface area contributed by atoms with Gasteiger partial charge in [-0.1, -0.05) is 84.9 Å². The quantitative estimate of drug-likeness (QED) is 0.193. The van der Waals surface area contributed by atoms with Gasteiger partial charge in [0.1, 0.15) is 0 Å². The van der Waals surface area contributed by atoms with Crippen LogP contribution in [0, 0.1) is 34.0 Å². The summed E-state index contributed by atoms with van der Waals surface area (Å²) in [7, 11) is 0. The summed E-state index contributed by atoms with van der Waals surface area (Å²) in [6.07, 6.45) is 0. The topological polar surface area (TPSA) is 81.2 Å². The van der Waals surface area contributed by atoms with Crippen LogP contribution in [0.3, 0.4) is 0 Å². The summed E-state index contributed by atoms with van der Waals surface area (Å²) in [6, 6.07) is 57.9. The van der Waals surface area contributed by atoms with E-state index < -0.39 is 0 Å². The minimum Gasteiger partial charge on any atom is -0.309 e. The first-order valence-electron chi connectivity index (χ1n) is 16.3. The maximum Gasteiger partial charge on any atom is 0.0992 e. The lowest BCUT2D eigenvalue weighted by atomic mass is 9.94. The second-order valence-electron chi connectivity index (χ2n) is 12.3. The lowest BCUT2D eigenvalue weighted by Crippen LogP contribution is -2.02. The first-order chi connectivity index (χ1) is 24.7. The summed E-state index contributed by atoms with van der Waals surface area (Å²) >= 11 is 0. The van der Waals surface area contributed by atoms with Gasteiger partial charge in [0.2, 0.25) is 0 Å². The standard InChI is InChI=1S/C45H25N5/c46-26-29-17-19-43-39(23-29)37-11-4-6-15-41(37)49(43)34-22-31(28-48)21-33(25-34)36-14-8-13-35(32-9-2-1-3-10-32)45(36)50-42-16-7-5-12-38(42)40-24-30(27-47)18-20-44(40)50/h1-25H. The Morgan fingerprint density at radius 2 is 0.880 bits per heavy atom. The molecule has 0 aliphatic heterocycles. The Morgan fingerprint density at radius 1 is 0.360 bits per heavy atom. The van der Waals surface area contributed by atoms with Gasteiger partial charge in [0, 0.05) is 38.4 Å². The number of aromatic nitrogens is 2. The van der Waals surface area contributed by atoms with Crippen LogP contribution < -0.4 is 0 Å². The minimum absolute atomic E-state index is 0.536. The second-order valence-corrected chi connectivity index (χ2v) is 12.3. The van der Waals surface area contributed by atoms with Crippen molar-refractivity contribution in [3.8, 4) is 51.8 Å². The number of nitrogens with zero attached hydrogens (tertiary/aromatic N) is 5. The van der Waals surface area contributed by atoms with Crippen molar-refractivity contribution in [1.82, 2.24) is 9.13 Å². The summed E-state index contributed by atoms with van der Waals surface area (Å²) in [6.45, 7) is 0. The van der Waals surface area contributed by atoms with Crippen LogP contribution in [0.2, 0.25) is 0 Å². The molecule has 0 saturated heterocycles. The smallest absolute Gasteiger partial charge is 0.0992 e. The predicted octanol–water partition coefficient (Wildman–Crippen LogP) is 10.8. The van der Waals surface area contributed by atoms with Crippen LogP contribution in [0.4, 0.5) is 0 Å². The van der Waals surface area contributed by atoms with Crippen molar-refractivity contribution < 1.29 is 0 Å². The minimum atomic E-state index is 0.536. The zero-order valence-corrected chi connectivity index (χ0v) is 26.7. The Bertz CT molecular complexity index is 2960. The maximum atomic E-state index is 10.4. The highest BCUT2D eigenvalue weighted by Gasteiger charge is 2.21. The van der Waals surface area contributed by atoms with E-state index in [0.29, 0.717) is 16.7 Å². The number of para-hydroxylation sites is 3. The Hall–Kier alpha value is -7.39. The fourth-order valence-corrected chi connectivity index (χ4v) is 7.43. The van der Waals surface area contributed by atoms with E-state index in [9.17, 15) is 15.8 Å². The molecule has 0 spiro atoms. The molecule has 0 saturated carbocycles. The predicted molar refractivity (Wildman–Crippen MR) is 200 cm³/mol. The van der Waals surface area contributed by atoms with Gasteiger partial charge in [-0.2, -0.15) is 15.8 Å². The Labute approximate surface area is 287 Å². The number of rotatable bonds is 4. The van der Waals surface area contributed by atoms with Crippen LogP contribution >= 0.6 is 0 Å². The molecule has 5 nitrogen and oxygen atoms in total. The summed E-state index contributed by atoms with van der Waals surface area (Å²) in [5.74, 6) is 0. The maximum absolute atomic E-state index is 10.4. The molecule has 2 heterocycles. The van der Waals surface area contributed by atoms with Gasteiger partial charge in [0.05, 0.1) is 62.7 Å². The van der Waals surface area contributed by atoms with Crippen LogP contribution in [-0.4, -0.2) is 9.13 Å². The van der Waals surface area contributed by atoms with Crippen LogP contribution in [-0.2, 0) is 0 Å². The average Bonchev–Trinajstić information content (AvgIpc) is 3.69. The highest BCUT2D eigenvalue weighted by atomic mass is 15.0. The van der Waals surface area contributed by atoms with E-state index in [1.807, 2.05) is 91.0 Å². The van der Waals surface area contributed by atoms with Gasteiger partial charge in [-0.3, -0.25) is 0 Å². The second kappa shape index (κ2) is 11.4. The Morgan fingerprint density at radius 3 is 1.50 bits per heavy atom. The van der Waals surface area contributed by atoms with Gasteiger partial charge >= 0.3 is 0 Å². The average molecular weight is 636 g/mol. The fraction of sp³-hybridized carbons (Fsp3) is 0. The van der Waals surface area contributed by atoms with Crippen LogP contribution in [0.1, 0.15) is 16.7 Å². The van der Waals surface area contributed by atoms with Crippen molar-refractivity contribution >= 4 is 43.6 Å². The molecular formula is C45H25N5. The third-order valence-electron chi connectivity index (χ3n) is 9.56. The monoisotopic (exact) mass is 635 g/mol. The molecule has 230 valence electrons. The van der Waals surface area contributed by atoms with E-state index in [1.54, 1.807) is 0 Å². The summed E-state index contributed by atoms with van der Waals surface area (Å²) in [4.78, 5) is 0. The highest BCUT2D eigenvalue weighted by molar-refractivity contribution is 6.12. The Kier molecular flexibility index (Phi) is 6.56. The molecule has 0 N–H and O–H groups in total. The van der Waals surface area contributed by atoms with Crippen molar-refractivity contribution in [3.05, 3.63) is 168 Å². The molecule has 0 amide bonds.